The van der Waals surface area contributed by atoms with Gasteiger partial charge in [0.2, 0.25) is 0 Å². The van der Waals surface area contributed by atoms with Gasteiger partial charge in [-0.3, -0.25) is 0 Å². The topological polar surface area (TPSA) is 67.8 Å². The van der Waals surface area contributed by atoms with E-state index in [1.54, 1.807) is 0 Å². The van der Waals surface area contributed by atoms with Gasteiger partial charge in [-0.25, -0.2) is 0 Å². The van der Waals surface area contributed by atoms with E-state index in [0.29, 0.717) is 6.04 Å². The highest BCUT2D eigenvalue weighted by Crippen LogP contribution is 2.31. The molecule has 3 nitrogen and oxygen atoms in total. The summed E-state index contributed by atoms with van der Waals surface area (Å²) in [5.74, 6) is -1.14. The monoisotopic (exact) mass is 357 g/mol. The highest BCUT2D eigenvalue weighted by molar-refractivity contribution is 9.13. The molecule has 0 saturated heterocycles. The molecule has 0 aromatic carbocycles. The normalized spacial score (nSPS) is 11.5. The summed E-state index contributed by atoms with van der Waals surface area (Å²) in [6, 6.07) is 2.14. The van der Waals surface area contributed by atoms with Gasteiger partial charge in [0.05, 0.1) is 20.7 Å². The van der Waals surface area contributed by atoms with Crippen LogP contribution in [0.1, 0.15) is 29.9 Å². The van der Waals surface area contributed by atoms with Crippen LogP contribution < -0.4 is 10.8 Å². The lowest BCUT2D eigenvalue weighted by Gasteiger charge is -1.92. The van der Waals surface area contributed by atoms with E-state index in [1.165, 1.54) is 12.5 Å². The minimum Gasteiger partial charge on any atom is -0.544 e. The Morgan fingerprint density at radius 2 is 2.13 bits per heavy atom. The van der Waals surface area contributed by atoms with Gasteiger partial charge in [-0.05, 0) is 51.3 Å². The summed E-state index contributed by atoms with van der Waals surface area (Å²) in [7, 11) is 0. The van der Waals surface area contributed by atoms with Crippen LogP contribution in [0.25, 0.3) is 0 Å². The van der Waals surface area contributed by atoms with Crippen LogP contribution in [0.3, 0.4) is 0 Å². The first-order chi connectivity index (χ1) is 6.88. The number of aromatic carboxylic acids is 1. The van der Waals surface area contributed by atoms with Crippen LogP contribution in [0.2, 0.25) is 0 Å². The number of rotatable bonds is 2. The molecule has 0 spiro atoms. The molecule has 0 aliphatic carbocycles. The van der Waals surface area contributed by atoms with Crippen molar-refractivity contribution in [1.82, 2.24) is 0 Å². The van der Waals surface area contributed by atoms with Crippen molar-refractivity contribution in [3.05, 3.63) is 19.2 Å². The standard InChI is InChI=1S/C5H2Br2O2S.C4H11N/c6-2-1-3(5(8)9)10-4(2)7;1-3-4(2)5/h1H,(H,8,9);4H,3,5H2,1-2H3. The third-order valence-electron chi connectivity index (χ3n) is 1.54. The Hall–Kier alpha value is 0.0900. The maximum Gasteiger partial charge on any atom is 0.0847 e. The molecule has 1 aromatic heterocycles. The average Bonchev–Trinajstić information content (AvgIpc) is 2.48. The third-order valence-corrected chi connectivity index (χ3v) is 4.78. The Kier molecular flexibility index (Phi) is 7.42. The SMILES string of the molecule is CCC(C)[NH3+].O=C([O-])c1cc(Br)c(Br)s1. The van der Waals surface area contributed by atoms with Crippen LogP contribution in [0.5, 0.6) is 0 Å². The first kappa shape index (κ1) is 15.1. The van der Waals surface area contributed by atoms with Crippen LogP contribution in [-0.4, -0.2) is 12.0 Å². The van der Waals surface area contributed by atoms with Gasteiger partial charge in [-0.1, -0.05) is 6.92 Å². The molecule has 0 aliphatic heterocycles. The molecule has 0 bridgehead atoms. The van der Waals surface area contributed by atoms with E-state index >= 15 is 0 Å². The fraction of sp³-hybridized carbons (Fsp3) is 0.444. The fourth-order valence-electron chi connectivity index (χ4n) is 0.447. The van der Waals surface area contributed by atoms with E-state index in [4.69, 9.17) is 0 Å². The molecule has 86 valence electrons. The number of carboxylic acid groups (broad SMARTS) is 1. The molecular formula is C9H13Br2NO2S. The first-order valence-electron chi connectivity index (χ1n) is 4.37. The molecule has 0 fully saturated rings. The average molecular weight is 359 g/mol. The summed E-state index contributed by atoms with van der Waals surface area (Å²) < 4.78 is 1.52. The second kappa shape index (κ2) is 7.38. The van der Waals surface area contributed by atoms with Crippen molar-refractivity contribution in [3.8, 4) is 0 Å². The number of hydrogen-bond donors (Lipinski definition) is 1. The smallest absolute Gasteiger partial charge is 0.0847 e. The maximum absolute atomic E-state index is 10.2. The summed E-state index contributed by atoms with van der Waals surface area (Å²) in [6.07, 6.45) is 1.19. The minimum atomic E-state index is -1.14. The molecule has 1 atom stereocenters. The van der Waals surface area contributed by atoms with E-state index in [1.807, 2.05) is 0 Å². The van der Waals surface area contributed by atoms with Crippen molar-refractivity contribution < 1.29 is 15.6 Å². The van der Waals surface area contributed by atoms with Gasteiger partial charge in [0.15, 0.2) is 0 Å². The van der Waals surface area contributed by atoms with Crippen LogP contribution in [-0.2, 0) is 0 Å². The summed E-state index contributed by atoms with van der Waals surface area (Å²) in [5.41, 5.74) is 3.76. The first-order valence-corrected chi connectivity index (χ1v) is 6.78. The van der Waals surface area contributed by atoms with Crippen molar-refractivity contribution in [2.24, 2.45) is 0 Å². The molecule has 1 rings (SSSR count). The lowest BCUT2D eigenvalue weighted by molar-refractivity contribution is -0.414. The number of carbonyl (C=O) groups is 1. The van der Waals surface area contributed by atoms with Gasteiger partial charge in [0.25, 0.3) is 0 Å². The second-order valence-corrected chi connectivity index (χ2v) is 6.26. The summed E-state index contributed by atoms with van der Waals surface area (Å²) in [5, 5.41) is 10.2. The van der Waals surface area contributed by atoms with Crippen LogP contribution in [0.4, 0.5) is 0 Å². The number of halogens is 2. The lowest BCUT2D eigenvalue weighted by Crippen LogP contribution is -2.58. The fourth-order valence-corrected chi connectivity index (χ4v) is 2.32. The minimum absolute atomic E-state index is 0.221. The maximum atomic E-state index is 10.2. The van der Waals surface area contributed by atoms with Gasteiger partial charge in [0.1, 0.15) is 0 Å². The predicted octanol–water partition coefficient (Wildman–Crippen LogP) is 1.66. The molecule has 0 radical (unpaired) electrons. The highest BCUT2D eigenvalue weighted by Gasteiger charge is 2.03. The number of hydrogen-bond acceptors (Lipinski definition) is 3. The van der Waals surface area contributed by atoms with Crippen molar-refractivity contribution in [1.29, 1.82) is 0 Å². The quantitative estimate of drug-likeness (QED) is 0.873. The van der Waals surface area contributed by atoms with Crippen LogP contribution >= 0.6 is 43.2 Å². The Bertz CT molecular complexity index is 306. The van der Waals surface area contributed by atoms with E-state index in [2.05, 4.69) is 51.4 Å². The molecule has 15 heavy (non-hydrogen) atoms. The van der Waals surface area contributed by atoms with E-state index < -0.39 is 5.97 Å². The summed E-state index contributed by atoms with van der Waals surface area (Å²) in [4.78, 5) is 10.4. The molecule has 1 unspecified atom stereocenters. The van der Waals surface area contributed by atoms with Crippen LogP contribution in [0, 0.1) is 0 Å². The van der Waals surface area contributed by atoms with Gasteiger partial charge in [-0.15, -0.1) is 11.3 Å². The molecule has 0 amide bonds. The van der Waals surface area contributed by atoms with Gasteiger partial charge in [-0.2, -0.15) is 0 Å². The number of carboxylic acids is 1. The third kappa shape index (κ3) is 6.29. The van der Waals surface area contributed by atoms with Crippen LogP contribution in [0.15, 0.2) is 14.3 Å². The molecule has 0 saturated carbocycles. The van der Waals surface area contributed by atoms with Gasteiger partial charge >= 0.3 is 0 Å². The molecule has 6 heteroatoms. The van der Waals surface area contributed by atoms with Crippen molar-refractivity contribution in [2.75, 3.05) is 0 Å². The lowest BCUT2D eigenvalue weighted by atomic mass is 10.3. The van der Waals surface area contributed by atoms with E-state index in [9.17, 15) is 9.90 Å². The van der Waals surface area contributed by atoms with Crippen molar-refractivity contribution in [3.63, 3.8) is 0 Å². The summed E-state index contributed by atoms with van der Waals surface area (Å²) in [6.45, 7) is 4.25. The molecule has 3 N–H and O–H groups in total. The predicted molar refractivity (Wildman–Crippen MR) is 66.7 cm³/mol. The highest BCUT2D eigenvalue weighted by atomic mass is 79.9. The van der Waals surface area contributed by atoms with Gasteiger partial charge in [0, 0.05) is 4.47 Å². The number of carbonyl (C=O) groups excluding carboxylic acids is 1. The summed E-state index contributed by atoms with van der Waals surface area (Å²) >= 11 is 7.45. The van der Waals surface area contributed by atoms with Gasteiger partial charge < -0.3 is 15.6 Å². The molecule has 1 aromatic rings. The number of thiophene rings is 1. The Morgan fingerprint density at radius 1 is 1.67 bits per heavy atom. The zero-order valence-corrected chi connectivity index (χ0v) is 12.5. The number of quaternary nitrogens is 1. The largest absolute Gasteiger partial charge is 0.544 e. The Balaban J connectivity index is 0.000000336. The second-order valence-electron chi connectivity index (χ2n) is 3.03. The Morgan fingerprint density at radius 3 is 2.27 bits per heavy atom. The Labute approximate surface area is 110 Å². The molecule has 0 aliphatic rings. The van der Waals surface area contributed by atoms with Crippen molar-refractivity contribution in [2.45, 2.75) is 26.3 Å². The van der Waals surface area contributed by atoms with E-state index in [0.717, 1.165) is 19.6 Å². The van der Waals surface area contributed by atoms with E-state index in [-0.39, 0.29) is 4.88 Å². The zero-order chi connectivity index (χ0) is 12.0. The molecular weight excluding hydrogens is 346 g/mol. The van der Waals surface area contributed by atoms with Crippen molar-refractivity contribution >= 4 is 49.2 Å². The molecule has 1 heterocycles. The zero-order valence-electron chi connectivity index (χ0n) is 8.55.